The van der Waals surface area contributed by atoms with Gasteiger partial charge in [0.15, 0.2) is 0 Å². The molecule has 0 bridgehead atoms. The maximum Gasteiger partial charge on any atom is 0.416 e. The summed E-state index contributed by atoms with van der Waals surface area (Å²) in [5.74, 6) is -0.528. The van der Waals surface area contributed by atoms with Crippen molar-refractivity contribution in [1.29, 1.82) is 0 Å². The van der Waals surface area contributed by atoms with Crippen LogP contribution in [0.3, 0.4) is 0 Å². The molecule has 1 atom stereocenters. The van der Waals surface area contributed by atoms with Crippen LogP contribution >= 0.6 is 7.60 Å². The molecule has 1 heterocycles. The molecular formula is C24H28F3N2O6P. The molecule has 0 radical (unpaired) electrons. The molecule has 1 aliphatic rings. The summed E-state index contributed by atoms with van der Waals surface area (Å²) in [6, 6.07) is 12.6. The van der Waals surface area contributed by atoms with Gasteiger partial charge in [0, 0.05) is 13.1 Å². The lowest BCUT2D eigenvalue weighted by Gasteiger charge is -2.34. The van der Waals surface area contributed by atoms with E-state index in [1.54, 1.807) is 30.3 Å². The number of piperidine rings is 1. The smallest absolute Gasteiger partial charge is 0.416 e. The van der Waals surface area contributed by atoms with Crippen molar-refractivity contribution in [2.24, 2.45) is 0 Å². The number of nitrogens with zero attached hydrogens (tertiary/aromatic N) is 1. The SMILES string of the molecule is O=C(NC(CCP(=O)(O)O)C(=O)N1CCC(c2ccc(C(F)(F)F)cc2)CC1)OCc1ccccc1. The van der Waals surface area contributed by atoms with Crippen molar-refractivity contribution in [3.05, 3.63) is 71.3 Å². The average Bonchev–Trinajstić information content (AvgIpc) is 2.84. The van der Waals surface area contributed by atoms with Crippen molar-refractivity contribution in [2.75, 3.05) is 19.3 Å². The molecule has 36 heavy (non-hydrogen) atoms. The first-order valence-electron chi connectivity index (χ1n) is 11.4. The molecule has 1 fully saturated rings. The van der Waals surface area contributed by atoms with Crippen molar-refractivity contribution in [3.63, 3.8) is 0 Å². The van der Waals surface area contributed by atoms with Crippen LogP contribution in [-0.4, -0.2) is 52.0 Å². The number of alkyl carbamates (subject to hydrolysis) is 1. The molecule has 1 unspecified atom stereocenters. The number of nitrogens with one attached hydrogen (secondary N) is 1. The fraction of sp³-hybridized carbons (Fsp3) is 0.417. The summed E-state index contributed by atoms with van der Waals surface area (Å²) in [7, 11) is -4.42. The number of halogens is 3. The molecule has 0 aliphatic carbocycles. The minimum Gasteiger partial charge on any atom is -0.445 e. The zero-order valence-corrected chi connectivity index (χ0v) is 20.3. The van der Waals surface area contributed by atoms with Gasteiger partial charge in [0.05, 0.1) is 11.7 Å². The Labute approximate surface area is 206 Å². The summed E-state index contributed by atoms with van der Waals surface area (Å²) in [5, 5.41) is 2.42. The second-order valence-electron chi connectivity index (χ2n) is 8.65. The molecule has 196 valence electrons. The zero-order chi connectivity index (χ0) is 26.3. The Kier molecular flexibility index (Phi) is 9.16. The van der Waals surface area contributed by atoms with E-state index in [4.69, 9.17) is 4.74 Å². The number of hydrogen-bond acceptors (Lipinski definition) is 4. The second-order valence-corrected chi connectivity index (χ2v) is 10.4. The highest BCUT2D eigenvalue weighted by Gasteiger charge is 2.33. The molecule has 2 aromatic carbocycles. The quantitative estimate of drug-likeness (QED) is 0.441. The Morgan fingerprint density at radius 2 is 1.67 bits per heavy atom. The first-order valence-corrected chi connectivity index (χ1v) is 13.2. The van der Waals surface area contributed by atoms with Gasteiger partial charge in [-0.05, 0) is 48.4 Å². The normalized spacial score (nSPS) is 15.9. The lowest BCUT2D eigenvalue weighted by Crippen LogP contribution is -2.51. The number of alkyl halides is 3. The Morgan fingerprint density at radius 1 is 1.06 bits per heavy atom. The Bertz CT molecular complexity index is 1070. The van der Waals surface area contributed by atoms with E-state index in [-0.39, 0.29) is 32.0 Å². The van der Waals surface area contributed by atoms with E-state index in [1.807, 2.05) is 0 Å². The molecule has 2 amide bonds. The van der Waals surface area contributed by atoms with Crippen LogP contribution in [0.5, 0.6) is 0 Å². The number of benzene rings is 2. The van der Waals surface area contributed by atoms with Gasteiger partial charge >= 0.3 is 19.9 Å². The van der Waals surface area contributed by atoms with Gasteiger partial charge in [0.2, 0.25) is 5.91 Å². The van der Waals surface area contributed by atoms with Crippen molar-refractivity contribution >= 4 is 19.6 Å². The van der Waals surface area contributed by atoms with Crippen LogP contribution in [0.15, 0.2) is 54.6 Å². The average molecular weight is 528 g/mol. The maximum atomic E-state index is 13.1. The first kappa shape index (κ1) is 27.7. The third-order valence-electron chi connectivity index (χ3n) is 6.03. The van der Waals surface area contributed by atoms with E-state index in [9.17, 15) is 37.1 Å². The fourth-order valence-electron chi connectivity index (χ4n) is 4.06. The summed E-state index contributed by atoms with van der Waals surface area (Å²) >= 11 is 0. The molecule has 0 spiro atoms. The van der Waals surface area contributed by atoms with E-state index in [1.165, 1.54) is 17.0 Å². The first-order chi connectivity index (χ1) is 16.9. The van der Waals surface area contributed by atoms with E-state index in [0.717, 1.165) is 23.3 Å². The zero-order valence-electron chi connectivity index (χ0n) is 19.4. The van der Waals surface area contributed by atoms with Gasteiger partial charge in [0.1, 0.15) is 12.6 Å². The Balaban J connectivity index is 1.58. The third kappa shape index (κ3) is 8.36. The highest BCUT2D eigenvalue weighted by Crippen LogP contribution is 2.36. The van der Waals surface area contributed by atoms with Gasteiger partial charge in [-0.25, -0.2) is 4.79 Å². The van der Waals surface area contributed by atoms with Crippen molar-refractivity contribution < 1.29 is 41.8 Å². The number of amides is 2. The van der Waals surface area contributed by atoms with Crippen molar-refractivity contribution in [1.82, 2.24) is 10.2 Å². The van der Waals surface area contributed by atoms with Crippen LogP contribution in [0.4, 0.5) is 18.0 Å². The summed E-state index contributed by atoms with van der Waals surface area (Å²) in [4.78, 5) is 45.4. The van der Waals surface area contributed by atoms with Crippen molar-refractivity contribution in [2.45, 2.75) is 44.0 Å². The molecule has 0 aromatic heterocycles. The highest BCUT2D eigenvalue weighted by molar-refractivity contribution is 7.51. The molecule has 2 aromatic rings. The standard InChI is InChI=1S/C24H28F3N2O6P/c25-24(26,27)20-8-6-18(7-9-20)19-10-13-29(14-11-19)22(30)21(12-15-36(32,33)34)28-23(31)35-16-17-4-2-1-3-5-17/h1-9,19,21H,10-16H2,(H,28,31)(H2,32,33,34). The van der Waals surface area contributed by atoms with Gasteiger partial charge in [-0.2, -0.15) is 13.2 Å². The molecule has 3 N–H and O–H groups in total. The highest BCUT2D eigenvalue weighted by atomic mass is 31.2. The molecule has 0 saturated carbocycles. The van der Waals surface area contributed by atoms with Gasteiger partial charge in [-0.3, -0.25) is 9.36 Å². The molecule has 12 heteroatoms. The van der Waals surface area contributed by atoms with Gasteiger partial charge in [-0.1, -0.05) is 42.5 Å². The number of ether oxygens (including phenoxy) is 1. The van der Waals surface area contributed by atoms with E-state index in [2.05, 4.69) is 5.32 Å². The topological polar surface area (TPSA) is 116 Å². The van der Waals surface area contributed by atoms with Crippen LogP contribution < -0.4 is 5.32 Å². The number of carbonyl (C=O) groups excluding carboxylic acids is 2. The van der Waals surface area contributed by atoms with Crippen LogP contribution in [-0.2, 0) is 26.9 Å². The number of hydrogen-bond donors (Lipinski definition) is 3. The van der Waals surface area contributed by atoms with E-state index >= 15 is 0 Å². The van der Waals surface area contributed by atoms with E-state index in [0.29, 0.717) is 12.8 Å². The monoisotopic (exact) mass is 528 g/mol. The maximum absolute atomic E-state index is 13.1. The summed E-state index contributed by atoms with van der Waals surface area (Å²) in [6.07, 6.45) is -5.16. The minimum absolute atomic E-state index is 0.0336. The molecule has 8 nitrogen and oxygen atoms in total. The lowest BCUT2D eigenvalue weighted by atomic mass is 9.88. The Hall–Kier alpha value is -2.88. The van der Waals surface area contributed by atoms with Gasteiger partial charge < -0.3 is 24.7 Å². The number of carbonyl (C=O) groups is 2. The molecule has 3 rings (SSSR count). The lowest BCUT2D eigenvalue weighted by molar-refractivity contribution is -0.137. The fourth-order valence-corrected chi connectivity index (χ4v) is 4.65. The van der Waals surface area contributed by atoms with Gasteiger partial charge in [0.25, 0.3) is 0 Å². The summed E-state index contributed by atoms with van der Waals surface area (Å²) in [6.45, 7) is 0.542. The predicted octanol–water partition coefficient (Wildman–Crippen LogP) is 4.27. The van der Waals surface area contributed by atoms with Crippen LogP contribution in [0.25, 0.3) is 0 Å². The molecular weight excluding hydrogens is 500 g/mol. The largest absolute Gasteiger partial charge is 0.445 e. The van der Waals surface area contributed by atoms with Crippen LogP contribution in [0.1, 0.15) is 41.9 Å². The Morgan fingerprint density at radius 3 is 2.22 bits per heavy atom. The van der Waals surface area contributed by atoms with Crippen LogP contribution in [0.2, 0.25) is 0 Å². The van der Waals surface area contributed by atoms with E-state index < -0.39 is 43.5 Å². The van der Waals surface area contributed by atoms with Crippen molar-refractivity contribution in [3.8, 4) is 0 Å². The van der Waals surface area contributed by atoms with Crippen LogP contribution in [0, 0.1) is 0 Å². The summed E-state index contributed by atoms with van der Waals surface area (Å²) < 4.78 is 54.9. The molecule has 1 aliphatic heterocycles. The third-order valence-corrected chi connectivity index (χ3v) is 6.87. The number of rotatable bonds is 8. The summed E-state index contributed by atoms with van der Waals surface area (Å²) in [5.41, 5.74) is 0.754. The second kappa shape index (κ2) is 11.9. The predicted molar refractivity (Wildman–Crippen MR) is 125 cm³/mol. The minimum atomic E-state index is -4.42. The van der Waals surface area contributed by atoms with Gasteiger partial charge in [-0.15, -0.1) is 0 Å². The number of likely N-dealkylation sites (tertiary alicyclic amines) is 1. The molecule has 1 saturated heterocycles.